The van der Waals surface area contributed by atoms with Crippen LogP contribution >= 0.6 is 0 Å². The summed E-state index contributed by atoms with van der Waals surface area (Å²) in [6.07, 6.45) is 1.25. The highest BCUT2D eigenvalue weighted by Crippen LogP contribution is 2.28. The van der Waals surface area contributed by atoms with E-state index < -0.39 is 12.0 Å². The third-order valence-electron chi connectivity index (χ3n) is 6.79. The smallest absolute Gasteiger partial charge is 0.257 e. The molecule has 1 fully saturated rings. The van der Waals surface area contributed by atoms with Gasteiger partial charge in [-0.1, -0.05) is 13.0 Å². The quantitative estimate of drug-likeness (QED) is 0.648. The Morgan fingerprint density at radius 3 is 2.44 bits per heavy atom. The lowest BCUT2D eigenvalue weighted by atomic mass is 9.97. The predicted octanol–water partition coefficient (Wildman–Crippen LogP) is 2.08. The van der Waals surface area contributed by atoms with E-state index in [-0.39, 0.29) is 42.4 Å². The third-order valence-corrected chi connectivity index (χ3v) is 6.79. The van der Waals surface area contributed by atoms with E-state index in [1.54, 1.807) is 51.2 Å². The SMILES string of the molecule is CO[C@H]1CC[C@@H]2CCOc3c(C#N)cccc3C(=O)N(C)C[C@H](OC)[C@H](C)C(=O)N(C)C[C@@H]1O2. The van der Waals surface area contributed by atoms with E-state index in [1.807, 2.05) is 0 Å². The van der Waals surface area contributed by atoms with E-state index in [0.29, 0.717) is 30.7 Å². The summed E-state index contributed by atoms with van der Waals surface area (Å²) in [5, 5.41) is 9.60. The number of likely N-dealkylation sites (N-methyl/N-ethyl adjacent to an activating group) is 2. The molecule has 1 aromatic carbocycles. The fraction of sp³-hybridized carbons (Fsp3) is 0.640. The predicted molar refractivity (Wildman–Crippen MR) is 125 cm³/mol. The van der Waals surface area contributed by atoms with Gasteiger partial charge in [-0.3, -0.25) is 9.59 Å². The van der Waals surface area contributed by atoms with Crippen LogP contribution in [0.5, 0.6) is 5.75 Å². The van der Waals surface area contributed by atoms with Crippen LogP contribution in [-0.4, -0.2) is 94.0 Å². The highest BCUT2D eigenvalue weighted by Gasteiger charge is 2.36. The molecule has 1 aromatic rings. The van der Waals surface area contributed by atoms with Crippen molar-refractivity contribution in [2.24, 2.45) is 5.92 Å². The van der Waals surface area contributed by atoms with Gasteiger partial charge in [0, 0.05) is 47.8 Å². The summed E-state index contributed by atoms with van der Waals surface area (Å²) in [5.74, 6) is -0.601. The Morgan fingerprint density at radius 1 is 1.03 bits per heavy atom. The average molecular weight is 474 g/mol. The maximum atomic E-state index is 13.3. The number of para-hydroxylation sites is 1. The summed E-state index contributed by atoms with van der Waals surface area (Å²) >= 11 is 0. The Hall–Kier alpha value is -2.67. The summed E-state index contributed by atoms with van der Waals surface area (Å²) in [6, 6.07) is 7.07. The lowest BCUT2D eigenvalue weighted by molar-refractivity contribution is -0.154. The first-order chi connectivity index (χ1) is 16.3. The zero-order valence-electron chi connectivity index (χ0n) is 20.7. The topological polar surface area (TPSA) is 101 Å². The summed E-state index contributed by atoms with van der Waals surface area (Å²) in [5.41, 5.74) is 0.609. The van der Waals surface area contributed by atoms with Gasteiger partial charge in [0.2, 0.25) is 5.91 Å². The number of fused-ring (bicyclic) bond motifs is 3. The highest BCUT2D eigenvalue weighted by atomic mass is 16.5. The number of nitriles is 1. The lowest BCUT2D eigenvalue weighted by Gasteiger charge is -2.38. The Kier molecular flexibility index (Phi) is 8.89. The molecule has 2 bridgehead atoms. The molecule has 2 heterocycles. The van der Waals surface area contributed by atoms with Crippen LogP contribution in [0.2, 0.25) is 0 Å². The fourth-order valence-corrected chi connectivity index (χ4v) is 4.68. The van der Waals surface area contributed by atoms with Crippen LogP contribution in [0.3, 0.4) is 0 Å². The molecule has 2 aliphatic heterocycles. The second-order valence-electron chi connectivity index (χ2n) is 9.05. The van der Waals surface area contributed by atoms with Crippen LogP contribution < -0.4 is 4.74 Å². The number of hydrogen-bond acceptors (Lipinski definition) is 7. The standard InChI is InChI=1S/C25H35N3O6/c1-16-21(32-5)14-28(3)25(30)19-8-6-7-17(13-26)23(19)33-12-11-18-9-10-20(31-4)22(34-18)15-27(2)24(16)29/h6-8,16,18,20-22H,9-12,14-15H2,1-5H3/t16-,18+,20-,21-,22-/m0/s1. The first kappa shape index (κ1) is 25.9. The van der Waals surface area contributed by atoms with Crippen LogP contribution in [0.4, 0.5) is 0 Å². The number of ether oxygens (including phenoxy) is 4. The zero-order valence-corrected chi connectivity index (χ0v) is 20.7. The van der Waals surface area contributed by atoms with E-state index in [0.717, 1.165) is 12.8 Å². The van der Waals surface area contributed by atoms with Crippen molar-refractivity contribution in [2.45, 2.75) is 50.6 Å². The molecular weight excluding hydrogens is 438 g/mol. The number of rotatable bonds is 2. The molecule has 0 unspecified atom stereocenters. The zero-order chi connectivity index (χ0) is 24.8. The van der Waals surface area contributed by atoms with Crippen LogP contribution in [0.1, 0.15) is 42.1 Å². The van der Waals surface area contributed by atoms with Gasteiger partial charge in [-0.2, -0.15) is 5.26 Å². The lowest BCUT2D eigenvalue weighted by Crippen LogP contribution is -2.50. The van der Waals surface area contributed by atoms with Crippen molar-refractivity contribution in [3.63, 3.8) is 0 Å². The maximum Gasteiger partial charge on any atom is 0.257 e. The van der Waals surface area contributed by atoms with Crippen molar-refractivity contribution in [1.82, 2.24) is 9.80 Å². The minimum Gasteiger partial charge on any atom is -0.491 e. The Morgan fingerprint density at radius 2 is 1.76 bits per heavy atom. The van der Waals surface area contributed by atoms with Gasteiger partial charge in [-0.25, -0.2) is 0 Å². The Balaban J connectivity index is 1.95. The van der Waals surface area contributed by atoms with E-state index in [1.165, 1.54) is 12.0 Å². The molecule has 0 N–H and O–H groups in total. The number of benzene rings is 1. The first-order valence-electron chi connectivity index (χ1n) is 11.7. The second-order valence-corrected chi connectivity index (χ2v) is 9.05. The van der Waals surface area contributed by atoms with E-state index >= 15 is 0 Å². The summed E-state index contributed by atoms with van der Waals surface area (Å²) in [7, 11) is 6.61. The molecule has 3 rings (SSSR count). The van der Waals surface area contributed by atoms with Gasteiger partial charge in [-0.05, 0) is 25.0 Å². The maximum absolute atomic E-state index is 13.3. The molecular formula is C25H35N3O6. The van der Waals surface area contributed by atoms with Crippen molar-refractivity contribution in [1.29, 1.82) is 5.26 Å². The van der Waals surface area contributed by atoms with Crippen LogP contribution in [0.25, 0.3) is 0 Å². The van der Waals surface area contributed by atoms with Gasteiger partial charge in [0.1, 0.15) is 17.9 Å². The van der Waals surface area contributed by atoms with Gasteiger partial charge in [-0.15, -0.1) is 0 Å². The fourth-order valence-electron chi connectivity index (χ4n) is 4.68. The van der Waals surface area contributed by atoms with Crippen molar-refractivity contribution < 1.29 is 28.5 Å². The largest absolute Gasteiger partial charge is 0.491 e. The number of carbonyl (C=O) groups excluding carboxylic acids is 2. The number of amides is 2. The number of nitrogens with zero attached hydrogens (tertiary/aromatic N) is 3. The molecule has 9 heteroatoms. The molecule has 5 atom stereocenters. The summed E-state index contributed by atoms with van der Waals surface area (Å²) in [4.78, 5) is 29.7. The van der Waals surface area contributed by atoms with Crippen molar-refractivity contribution >= 4 is 11.8 Å². The average Bonchev–Trinajstić information content (AvgIpc) is 2.85. The molecule has 0 aromatic heterocycles. The molecule has 0 spiro atoms. The van der Waals surface area contributed by atoms with Crippen LogP contribution in [0, 0.1) is 17.2 Å². The number of methoxy groups -OCH3 is 2. The monoisotopic (exact) mass is 473 g/mol. The Labute approximate surface area is 201 Å². The molecule has 2 aliphatic rings. The summed E-state index contributed by atoms with van der Waals surface area (Å²) in [6.45, 7) is 2.70. The number of hydrogen-bond donors (Lipinski definition) is 0. The van der Waals surface area contributed by atoms with E-state index in [2.05, 4.69) is 6.07 Å². The van der Waals surface area contributed by atoms with E-state index in [9.17, 15) is 14.9 Å². The van der Waals surface area contributed by atoms with Crippen molar-refractivity contribution in [3.05, 3.63) is 29.3 Å². The molecule has 34 heavy (non-hydrogen) atoms. The molecule has 9 nitrogen and oxygen atoms in total. The van der Waals surface area contributed by atoms with E-state index in [4.69, 9.17) is 18.9 Å². The molecule has 2 amide bonds. The number of carbonyl (C=O) groups is 2. The molecule has 0 radical (unpaired) electrons. The van der Waals surface area contributed by atoms with Gasteiger partial charge < -0.3 is 28.7 Å². The van der Waals surface area contributed by atoms with Crippen molar-refractivity contribution in [3.8, 4) is 11.8 Å². The molecule has 1 saturated heterocycles. The minimum absolute atomic E-state index is 0.0759. The molecule has 186 valence electrons. The van der Waals surface area contributed by atoms with Gasteiger partial charge in [0.25, 0.3) is 5.91 Å². The van der Waals surface area contributed by atoms with Crippen LogP contribution in [-0.2, 0) is 19.0 Å². The molecule has 0 saturated carbocycles. The van der Waals surface area contributed by atoms with Crippen LogP contribution in [0.15, 0.2) is 18.2 Å². The highest BCUT2D eigenvalue weighted by molar-refractivity contribution is 5.97. The van der Waals surface area contributed by atoms with Gasteiger partial charge in [0.05, 0.1) is 42.0 Å². The molecule has 0 aliphatic carbocycles. The Bertz CT molecular complexity index is 916. The normalized spacial score (nSPS) is 29.2. The third kappa shape index (κ3) is 5.69. The second kappa shape index (κ2) is 11.6. The summed E-state index contributed by atoms with van der Waals surface area (Å²) < 4.78 is 23.6. The van der Waals surface area contributed by atoms with Crippen molar-refractivity contribution in [2.75, 3.05) is 48.0 Å². The van der Waals surface area contributed by atoms with Gasteiger partial charge >= 0.3 is 0 Å². The first-order valence-corrected chi connectivity index (χ1v) is 11.7. The minimum atomic E-state index is -0.515. The van der Waals surface area contributed by atoms with Gasteiger partial charge in [0.15, 0.2) is 0 Å².